The molecule has 0 bridgehead atoms. The van der Waals surface area contributed by atoms with Gasteiger partial charge in [-0.3, -0.25) is 14.9 Å². The Morgan fingerprint density at radius 1 is 0.974 bits per heavy atom. The molecular weight excluding hydrogens is 568 g/mol. The normalized spacial score (nSPS) is 15.5. The van der Waals surface area contributed by atoms with Crippen LogP contribution in [0.5, 0.6) is 23.0 Å². The summed E-state index contributed by atoms with van der Waals surface area (Å²) >= 11 is 3.53. The first kappa shape index (κ1) is 26.3. The molecule has 0 radical (unpaired) electrons. The second-order valence-electron chi connectivity index (χ2n) is 9.04. The largest absolute Gasteiger partial charge is 0.490 e. The van der Waals surface area contributed by atoms with E-state index in [0.29, 0.717) is 45.3 Å². The van der Waals surface area contributed by atoms with Crippen LogP contribution in [0.3, 0.4) is 0 Å². The molecule has 4 amide bonds. The Morgan fingerprint density at radius 3 is 2.46 bits per heavy atom. The van der Waals surface area contributed by atoms with Crippen LogP contribution in [0.25, 0.3) is 6.08 Å². The number of nitrogens with zero attached hydrogens (tertiary/aromatic N) is 1. The van der Waals surface area contributed by atoms with E-state index in [-0.39, 0.29) is 19.0 Å². The van der Waals surface area contributed by atoms with Gasteiger partial charge in [0.25, 0.3) is 11.8 Å². The Kier molecular flexibility index (Phi) is 7.30. The van der Waals surface area contributed by atoms with Crippen molar-refractivity contribution in [2.45, 2.75) is 27.4 Å². The lowest BCUT2D eigenvalue weighted by molar-refractivity contribution is -0.122. The molecule has 1 N–H and O–H groups in total. The number of imide groups is 2. The van der Waals surface area contributed by atoms with Crippen LogP contribution in [0.15, 0.2) is 58.6 Å². The van der Waals surface area contributed by atoms with Crippen molar-refractivity contribution in [1.29, 1.82) is 0 Å². The van der Waals surface area contributed by atoms with Crippen molar-refractivity contribution in [3.8, 4) is 23.0 Å². The predicted octanol–water partition coefficient (Wildman–Crippen LogP) is 5.44. The number of barbiturate groups is 1. The number of hydrogen-bond donors (Lipinski definition) is 1. The Balaban J connectivity index is 1.44. The minimum Gasteiger partial charge on any atom is -0.490 e. The van der Waals surface area contributed by atoms with E-state index < -0.39 is 17.8 Å². The van der Waals surface area contributed by atoms with E-state index in [9.17, 15) is 14.4 Å². The molecule has 10 heteroatoms. The number of halogens is 1. The summed E-state index contributed by atoms with van der Waals surface area (Å²) in [5, 5.41) is 2.26. The number of urea groups is 1. The number of carbonyl (C=O) groups is 3. The van der Waals surface area contributed by atoms with Crippen molar-refractivity contribution in [2.75, 3.05) is 18.3 Å². The van der Waals surface area contributed by atoms with Gasteiger partial charge < -0.3 is 18.9 Å². The number of aryl methyl sites for hydroxylation is 2. The molecule has 3 aromatic rings. The molecule has 200 valence electrons. The second kappa shape index (κ2) is 10.8. The van der Waals surface area contributed by atoms with Gasteiger partial charge in [0.15, 0.2) is 23.0 Å². The summed E-state index contributed by atoms with van der Waals surface area (Å²) in [4.78, 5) is 39.6. The fraction of sp³-hybridized carbons (Fsp3) is 0.207. The van der Waals surface area contributed by atoms with E-state index in [2.05, 4.69) is 21.2 Å². The highest BCUT2D eigenvalue weighted by Gasteiger charge is 2.37. The molecule has 0 spiro atoms. The highest BCUT2D eigenvalue weighted by atomic mass is 79.9. The number of benzene rings is 3. The number of fused-ring (bicyclic) bond motifs is 1. The number of amides is 4. The van der Waals surface area contributed by atoms with Crippen molar-refractivity contribution < 1.29 is 33.3 Å². The maximum absolute atomic E-state index is 13.4. The van der Waals surface area contributed by atoms with E-state index in [1.165, 1.54) is 6.08 Å². The zero-order valence-electron chi connectivity index (χ0n) is 21.5. The van der Waals surface area contributed by atoms with Crippen molar-refractivity contribution >= 4 is 45.5 Å². The van der Waals surface area contributed by atoms with Gasteiger partial charge >= 0.3 is 6.03 Å². The van der Waals surface area contributed by atoms with Crippen molar-refractivity contribution in [3.63, 3.8) is 0 Å². The first-order valence-corrected chi connectivity index (χ1v) is 13.0. The number of anilines is 1. The zero-order valence-corrected chi connectivity index (χ0v) is 23.1. The number of nitrogens with one attached hydrogen (secondary N) is 1. The van der Waals surface area contributed by atoms with Gasteiger partial charge in [-0.25, -0.2) is 9.69 Å². The third kappa shape index (κ3) is 5.46. The highest BCUT2D eigenvalue weighted by molar-refractivity contribution is 9.10. The molecule has 2 aliphatic heterocycles. The number of rotatable bonds is 7. The fourth-order valence-electron chi connectivity index (χ4n) is 4.40. The molecule has 0 aromatic heterocycles. The third-order valence-electron chi connectivity index (χ3n) is 6.03. The standard InChI is InChI=1S/C29H25BrN2O7/c1-4-36-25-13-19(11-22(30)26(25)37-14-18-5-6-23-24(12-18)39-15-38-23)10-21-27(33)31-29(35)32(28(21)34)20-8-16(2)7-17(3)9-20/h5-13H,4,14-15H2,1-3H3,(H,31,33,35)/b21-10+. The summed E-state index contributed by atoms with van der Waals surface area (Å²) in [5.41, 5.74) is 3.35. The van der Waals surface area contributed by atoms with Crippen LogP contribution in [0.1, 0.15) is 29.2 Å². The minimum atomic E-state index is -0.796. The molecule has 5 rings (SSSR count). The molecular formula is C29H25BrN2O7. The Bertz CT molecular complexity index is 1510. The minimum absolute atomic E-state index is 0.183. The number of hydrogen-bond acceptors (Lipinski definition) is 7. The van der Waals surface area contributed by atoms with Gasteiger partial charge in [-0.2, -0.15) is 0 Å². The first-order chi connectivity index (χ1) is 18.7. The third-order valence-corrected chi connectivity index (χ3v) is 6.62. The molecule has 9 nitrogen and oxygen atoms in total. The van der Waals surface area contributed by atoms with E-state index in [0.717, 1.165) is 21.6 Å². The lowest BCUT2D eigenvalue weighted by atomic mass is 10.0. The maximum Gasteiger partial charge on any atom is 0.335 e. The SMILES string of the molecule is CCOc1cc(/C=C2\C(=O)NC(=O)N(c3cc(C)cc(C)c3)C2=O)cc(Br)c1OCc1ccc2c(c1)OCO2. The predicted molar refractivity (Wildman–Crippen MR) is 147 cm³/mol. The summed E-state index contributed by atoms with van der Waals surface area (Å²) in [5.74, 6) is 0.736. The molecule has 1 saturated heterocycles. The smallest absolute Gasteiger partial charge is 0.335 e. The van der Waals surface area contributed by atoms with Crippen LogP contribution in [0.2, 0.25) is 0 Å². The van der Waals surface area contributed by atoms with Gasteiger partial charge in [-0.05, 0) is 101 Å². The van der Waals surface area contributed by atoms with Gasteiger partial charge in [0.1, 0.15) is 12.2 Å². The van der Waals surface area contributed by atoms with E-state index in [1.54, 1.807) is 24.3 Å². The van der Waals surface area contributed by atoms with Crippen molar-refractivity contribution in [2.24, 2.45) is 0 Å². The zero-order chi connectivity index (χ0) is 27.7. The molecule has 0 saturated carbocycles. The quantitative estimate of drug-likeness (QED) is 0.288. The van der Waals surface area contributed by atoms with Crippen LogP contribution in [0.4, 0.5) is 10.5 Å². The molecule has 1 fully saturated rings. The van der Waals surface area contributed by atoms with Crippen LogP contribution < -0.4 is 29.2 Å². The van der Waals surface area contributed by atoms with Gasteiger partial charge in [-0.1, -0.05) is 12.1 Å². The Hall–Kier alpha value is -4.31. The van der Waals surface area contributed by atoms with Crippen LogP contribution >= 0.6 is 15.9 Å². The summed E-state index contributed by atoms with van der Waals surface area (Å²) in [6.45, 7) is 6.37. The van der Waals surface area contributed by atoms with E-state index in [1.807, 2.05) is 45.0 Å². The second-order valence-corrected chi connectivity index (χ2v) is 9.90. The molecule has 0 atom stereocenters. The maximum atomic E-state index is 13.4. The summed E-state index contributed by atoms with van der Waals surface area (Å²) < 4.78 is 23.2. The molecule has 0 aliphatic carbocycles. The van der Waals surface area contributed by atoms with E-state index in [4.69, 9.17) is 18.9 Å². The van der Waals surface area contributed by atoms with Crippen molar-refractivity contribution in [3.05, 3.63) is 80.8 Å². The molecule has 0 unspecified atom stereocenters. The Labute approximate surface area is 233 Å². The van der Waals surface area contributed by atoms with Crippen LogP contribution in [-0.2, 0) is 16.2 Å². The summed E-state index contributed by atoms with van der Waals surface area (Å²) in [7, 11) is 0. The van der Waals surface area contributed by atoms with Gasteiger partial charge in [-0.15, -0.1) is 0 Å². The molecule has 2 aliphatic rings. The average Bonchev–Trinajstić information content (AvgIpc) is 3.33. The fourth-order valence-corrected chi connectivity index (χ4v) is 4.97. The molecule has 2 heterocycles. The van der Waals surface area contributed by atoms with Gasteiger partial charge in [0.05, 0.1) is 16.8 Å². The lowest BCUT2D eigenvalue weighted by Crippen LogP contribution is -2.54. The van der Waals surface area contributed by atoms with Crippen LogP contribution in [-0.4, -0.2) is 31.2 Å². The summed E-state index contributed by atoms with van der Waals surface area (Å²) in [6.07, 6.45) is 1.43. The number of ether oxygens (including phenoxy) is 4. The highest BCUT2D eigenvalue weighted by Crippen LogP contribution is 2.39. The monoisotopic (exact) mass is 592 g/mol. The van der Waals surface area contributed by atoms with Gasteiger partial charge in [0.2, 0.25) is 6.79 Å². The first-order valence-electron chi connectivity index (χ1n) is 12.2. The lowest BCUT2D eigenvalue weighted by Gasteiger charge is -2.27. The number of carbonyl (C=O) groups excluding carboxylic acids is 3. The van der Waals surface area contributed by atoms with E-state index >= 15 is 0 Å². The van der Waals surface area contributed by atoms with Gasteiger partial charge in [0, 0.05) is 0 Å². The van der Waals surface area contributed by atoms with Crippen LogP contribution in [0, 0.1) is 13.8 Å². The molecule has 39 heavy (non-hydrogen) atoms. The summed E-state index contributed by atoms with van der Waals surface area (Å²) in [6, 6.07) is 13.5. The Morgan fingerprint density at radius 2 is 1.72 bits per heavy atom. The molecule has 3 aromatic carbocycles. The average molecular weight is 593 g/mol. The van der Waals surface area contributed by atoms with Crippen molar-refractivity contribution in [1.82, 2.24) is 5.32 Å². The topological polar surface area (TPSA) is 103 Å².